The first-order valence-electron chi connectivity index (χ1n) is 6.61. The molecule has 0 unspecified atom stereocenters. The molecule has 112 valence electrons. The minimum atomic E-state index is -1.17. The fraction of sp³-hybridized carbons (Fsp3) is 0.333. The number of furan rings is 1. The fourth-order valence-electron chi connectivity index (χ4n) is 1.82. The van der Waals surface area contributed by atoms with Crippen LogP contribution in [0.25, 0.3) is 6.08 Å². The number of nitrogens with one attached hydrogen (secondary N) is 1. The minimum absolute atomic E-state index is 0.0963. The third-order valence-corrected chi connectivity index (χ3v) is 3.09. The maximum atomic E-state index is 11.7. The highest BCUT2D eigenvalue weighted by Crippen LogP contribution is 2.18. The van der Waals surface area contributed by atoms with E-state index < -0.39 is 5.60 Å². The summed E-state index contributed by atoms with van der Waals surface area (Å²) in [5.74, 6) is 1.10. The summed E-state index contributed by atoms with van der Waals surface area (Å²) in [4.78, 5) is 11.7. The van der Waals surface area contributed by atoms with Crippen LogP contribution in [0, 0.1) is 6.92 Å². The van der Waals surface area contributed by atoms with Gasteiger partial charge in [0, 0.05) is 24.9 Å². The monoisotopic (exact) mass is 289 g/mol. The average molecular weight is 289 g/mol. The molecular formula is C15H19N3O3. The summed E-state index contributed by atoms with van der Waals surface area (Å²) in [5.41, 5.74) is -0.519. The van der Waals surface area contributed by atoms with E-state index >= 15 is 0 Å². The number of aliphatic hydroxyl groups is 1. The zero-order chi connectivity index (χ0) is 15.5. The van der Waals surface area contributed by atoms with Crippen molar-refractivity contribution in [1.82, 2.24) is 15.1 Å². The normalized spacial score (nSPS) is 14.3. The van der Waals surface area contributed by atoms with Gasteiger partial charge in [-0.1, -0.05) is 0 Å². The summed E-state index contributed by atoms with van der Waals surface area (Å²) in [7, 11) is 1.77. The molecule has 21 heavy (non-hydrogen) atoms. The zero-order valence-electron chi connectivity index (χ0n) is 12.3. The van der Waals surface area contributed by atoms with Gasteiger partial charge in [0.25, 0.3) is 0 Å². The molecule has 0 bridgehead atoms. The number of aryl methyl sites for hydroxylation is 2. The smallest absolute Gasteiger partial charge is 0.244 e. The third-order valence-electron chi connectivity index (χ3n) is 3.09. The first-order chi connectivity index (χ1) is 9.87. The predicted molar refractivity (Wildman–Crippen MR) is 78.3 cm³/mol. The predicted octanol–water partition coefficient (Wildman–Crippen LogP) is 1.36. The quantitative estimate of drug-likeness (QED) is 0.814. The van der Waals surface area contributed by atoms with Crippen LogP contribution >= 0.6 is 0 Å². The van der Waals surface area contributed by atoms with Crippen LogP contribution in [0.3, 0.4) is 0 Å². The van der Waals surface area contributed by atoms with Crippen LogP contribution in [0.5, 0.6) is 0 Å². The molecular weight excluding hydrogens is 270 g/mol. The van der Waals surface area contributed by atoms with Crippen LogP contribution in [0.4, 0.5) is 0 Å². The molecule has 2 N–H and O–H groups in total. The number of amides is 1. The second kappa shape index (κ2) is 5.97. The van der Waals surface area contributed by atoms with Crippen molar-refractivity contribution in [2.45, 2.75) is 19.4 Å². The molecule has 2 rings (SSSR count). The van der Waals surface area contributed by atoms with Crippen molar-refractivity contribution in [3.05, 3.63) is 47.7 Å². The van der Waals surface area contributed by atoms with Gasteiger partial charge in [-0.25, -0.2) is 0 Å². The molecule has 0 fully saturated rings. The lowest BCUT2D eigenvalue weighted by molar-refractivity contribution is -0.117. The van der Waals surface area contributed by atoms with Gasteiger partial charge >= 0.3 is 0 Å². The van der Waals surface area contributed by atoms with Gasteiger partial charge in [-0.05, 0) is 32.1 Å². The Hall–Kier alpha value is -2.34. The van der Waals surface area contributed by atoms with E-state index in [9.17, 15) is 9.90 Å². The van der Waals surface area contributed by atoms with Gasteiger partial charge in [0.1, 0.15) is 17.1 Å². The molecule has 0 aliphatic heterocycles. The average Bonchev–Trinajstić information content (AvgIpc) is 3.03. The van der Waals surface area contributed by atoms with Crippen molar-refractivity contribution >= 4 is 12.0 Å². The number of carbonyl (C=O) groups is 1. The first-order valence-corrected chi connectivity index (χ1v) is 6.61. The molecule has 0 spiro atoms. The summed E-state index contributed by atoms with van der Waals surface area (Å²) in [6.45, 7) is 3.56. The SMILES string of the molecule is Cc1ccc(/C=C/C(=O)NC[C@](C)(O)c2cnn(C)c2)o1. The van der Waals surface area contributed by atoms with Crippen molar-refractivity contribution in [3.63, 3.8) is 0 Å². The molecule has 0 aromatic carbocycles. The highest BCUT2D eigenvalue weighted by atomic mass is 16.3. The van der Waals surface area contributed by atoms with Gasteiger partial charge in [0.2, 0.25) is 5.91 Å². The molecule has 0 saturated heterocycles. The van der Waals surface area contributed by atoms with E-state index in [4.69, 9.17) is 4.42 Å². The lowest BCUT2D eigenvalue weighted by Gasteiger charge is -2.21. The molecule has 2 aromatic rings. The molecule has 1 atom stereocenters. The molecule has 2 aromatic heterocycles. The number of carbonyl (C=O) groups excluding carboxylic acids is 1. The van der Waals surface area contributed by atoms with Crippen molar-refractivity contribution in [3.8, 4) is 0 Å². The molecule has 6 nitrogen and oxygen atoms in total. The van der Waals surface area contributed by atoms with Crippen LogP contribution in [-0.2, 0) is 17.4 Å². The van der Waals surface area contributed by atoms with Crippen molar-refractivity contribution in [2.24, 2.45) is 7.05 Å². The van der Waals surface area contributed by atoms with E-state index in [1.54, 1.807) is 43.2 Å². The Morgan fingerprint density at radius 1 is 1.57 bits per heavy atom. The van der Waals surface area contributed by atoms with Gasteiger partial charge < -0.3 is 14.8 Å². The van der Waals surface area contributed by atoms with E-state index in [1.807, 2.05) is 13.0 Å². The maximum absolute atomic E-state index is 11.7. The van der Waals surface area contributed by atoms with Crippen LogP contribution < -0.4 is 5.32 Å². The Morgan fingerprint density at radius 3 is 2.90 bits per heavy atom. The largest absolute Gasteiger partial charge is 0.462 e. The highest BCUT2D eigenvalue weighted by Gasteiger charge is 2.24. The molecule has 2 heterocycles. The van der Waals surface area contributed by atoms with E-state index in [-0.39, 0.29) is 12.5 Å². The van der Waals surface area contributed by atoms with Crippen LogP contribution in [0.1, 0.15) is 24.0 Å². The zero-order valence-corrected chi connectivity index (χ0v) is 12.3. The molecule has 0 aliphatic carbocycles. The number of hydrogen-bond donors (Lipinski definition) is 2. The minimum Gasteiger partial charge on any atom is -0.462 e. The van der Waals surface area contributed by atoms with Gasteiger partial charge in [-0.2, -0.15) is 5.10 Å². The summed E-state index contributed by atoms with van der Waals surface area (Å²) < 4.78 is 6.93. The highest BCUT2D eigenvalue weighted by molar-refractivity contribution is 5.91. The van der Waals surface area contributed by atoms with Crippen molar-refractivity contribution in [1.29, 1.82) is 0 Å². The Labute approximate surface area is 123 Å². The lowest BCUT2D eigenvalue weighted by atomic mass is 10.00. The number of rotatable bonds is 5. The molecule has 0 radical (unpaired) electrons. The Balaban J connectivity index is 1.90. The number of aromatic nitrogens is 2. The molecule has 1 amide bonds. The van der Waals surface area contributed by atoms with Crippen LogP contribution in [0.15, 0.2) is 35.0 Å². The Morgan fingerprint density at radius 2 is 2.33 bits per heavy atom. The number of nitrogens with zero attached hydrogens (tertiary/aromatic N) is 2. The van der Waals surface area contributed by atoms with Crippen LogP contribution in [-0.4, -0.2) is 27.3 Å². The number of hydrogen-bond acceptors (Lipinski definition) is 4. The van der Waals surface area contributed by atoms with E-state index in [0.29, 0.717) is 11.3 Å². The fourth-order valence-corrected chi connectivity index (χ4v) is 1.82. The van der Waals surface area contributed by atoms with Gasteiger partial charge in [0.15, 0.2) is 0 Å². The maximum Gasteiger partial charge on any atom is 0.244 e. The van der Waals surface area contributed by atoms with Gasteiger partial charge in [-0.3, -0.25) is 9.48 Å². The van der Waals surface area contributed by atoms with Gasteiger partial charge in [0.05, 0.1) is 12.7 Å². The third kappa shape index (κ3) is 4.06. The molecule has 6 heteroatoms. The topological polar surface area (TPSA) is 80.3 Å². The Bertz CT molecular complexity index is 653. The molecule has 0 saturated carbocycles. The summed E-state index contributed by atoms with van der Waals surface area (Å²) >= 11 is 0. The second-order valence-corrected chi connectivity index (χ2v) is 5.18. The van der Waals surface area contributed by atoms with Gasteiger partial charge in [-0.15, -0.1) is 0 Å². The first kappa shape index (κ1) is 15.1. The molecule has 0 aliphatic rings. The van der Waals surface area contributed by atoms with Crippen molar-refractivity contribution < 1.29 is 14.3 Å². The Kier molecular flexibility index (Phi) is 4.28. The van der Waals surface area contributed by atoms with E-state index in [1.165, 1.54) is 6.08 Å². The van der Waals surface area contributed by atoms with E-state index in [0.717, 1.165) is 5.76 Å². The van der Waals surface area contributed by atoms with Crippen molar-refractivity contribution in [2.75, 3.05) is 6.54 Å². The summed E-state index contributed by atoms with van der Waals surface area (Å²) in [6, 6.07) is 3.61. The standard InChI is InChI=1S/C15H19N3O3/c1-11-4-5-13(21-11)6-7-14(19)16-10-15(2,20)12-8-17-18(3)9-12/h4-9,20H,10H2,1-3H3,(H,16,19)/b7-6+/t15-/m0/s1. The second-order valence-electron chi connectivity index (χ2n) is 5.18. The summed E-state index contributed by atoms with van der Waals surface area (Å²) in [6.07, 6.45) is 6.25. The van der Waals surface area contributed by atoms with Crippen LogP contribution in [0.2, 0.25) is 0 Å². The van der Waals surface area contributed by atoms with E-state index in [2.05, 4.69) is 10.4 Å². The summed E-state index contributed by atoms with van der Waals surface area (Å²) in [5, 5.41) is 17.0. The lowest BCUT2D eigenvalue weighted by Crippen LogP contribution is -2.37.